The lowest BCUT2D eigenvalue weighted by molar-refractivity contribution is -0.141. The first kappa shape index (κ1) is 15.2. The fourth-order valence-electron chi connectivity index (χ4n) is 3.73. The molecule has 1 aromatic carbocycles. The van der Waals surface area contributed by atoms with Crippen LogP contribution in [-0.2, 0) is 4.79 Å². The number of carbonyl (C=O) groups is 1. The second-order valence-corrected chi connectivity index (χ2v) is 6.48. The van der Waals surface area contributed by atoms with E-state index in [0.717, 1.165) is 43.6 Å². The second kappa shape index (κ2) is 6.59. The number of aliphatic carboxylic acids is 1. The van der Waals surface area contributed by atoms with E-state index in [1.165, 1.54) is 18.4 Å². The number of methoxy groups -OCH3 is 1. The molecule has 2 atom stereocenters. The van der Waals surface area contributed by atoms with Crippen LogP contribution in [-0.4, -0.2) is 24.3 Å². The monoisotopic (exact) mass is 304 g/mol. The summed E-state index contributed by atoms with van der Waals surface area (Å²) >= 11 is 0. The topological polar surface area (TPSA) is 55.8 Å². The SMILES string of the molecule is COc1ccc([C@@H]2CC[C@H](C(=O)O)C2)cc1OC1CCCC1. The van der Waals surface area contributed by atoms with Crippen LogP contribution < -0.4 is 9.47 Å². The van der Waals surface area contributed by atoms with Gasteiger partial charge in [0.2, 0.25) is 0 Å². The second-order valence-electron chi connectivity index (χ2n) is 6.48. The van der Waals surface area contributed by atoms with Gasteiger partial charge >= 0.3 is 5.97 Å². The van der Waals surface area contributed by atoms with Crippen molar-refractivity contribution in [1.82, 2.24) is 0 Å². The average Bonchev–Trinajstić information content (AvgIpc) is 3.18. The third-order valence-electron chi connectivity index (χ3n) is 5.04. The zero-order valence-electron chi connectivity index (χ0n) is 13.1. The summed E-state index contributed by atoms with van der Waals surface area (Å²) in [7, 11) is 1.66. The van der Waals surface area contributed by atoms with Crippen LogP contribution in [0.4, 0.5) is 0 Å². The van der Waals surface area contributed by atoms with Crippen LogP contribution in [0.3, 0.4) is 0 Å². The summed E-state index contributed by atoms with van der Waals surface area (Å²) in [5, 5.41) is 9.16. The van der Waals surface area contributed by atoms with Gasteiger partial charge in [0.1, 0.15) is 0 Å². The fraction of sp³-hybridized carbons (Fsp3) is 0.611. The first-order valence-electron chi connectivity index (χ1n) is 8.24. The van der Waals surface area contributed by atoms with Gasteiger partial charge in [-0.3, -0.25) is 4.79 Å². The highest BCUT2D eigenvalue weighted by Crippen LogP contribution is 2.41. The van der Waals surface area contributed by atoms with Crippen LogP contribution in [0.1, 0.15) is 56.4 Å². The van der Waals surface area contributed by atoms with Crippen molar-refractivity contribution in [2.24, 2.45) is 5.92 Å². The van der Waals surface area contributed by atoms with Crippen molar-refractivity contribution in [3.8, 4) is 11.5 Å². The van der Waals surface area contributed by atoms with Crippen molar-refractivity contribution < 1.29 is 19.4 Å². The molecule has 120 valence electrons. The molecule has 0 bridgehead atoms. The molecule has 0 radical (unpaired) electrons. The van der Waals surface area contributed by atoms with Gasteiger partial charge in [-0.05, 0) is 68.6 Å². The van der Waals surface area contributed by atoms with E-state index < -0.39 is 5.97 Å². The number of benzene rings is 1. The largest absolute Gasteiger partial charge is 0.493 e. The maximum atomic E-state index is 11.1. The quantitative estimate of drug-likeness (QED) is 0.893. The van der Waals surface area contributed by atoms with E-state index in [4.69, 9.17) is 14.6 Å². The number of carboxylic acids is 1. The molecule has 2 aliphatic rings. The third kappa shape index (κ3) is 3.21. The molecule has 22 heavy (non-hydrogen) atoms. The van der Waals surface area contributed by atoms with Gasteiger partial charge in [-0.25, -0.2) is 0 Å². The predicted octanol–water partition coefficient (Wildman–Crippen LogP) is 3.98. The molecule has 1 N–H and O–H groups in total. The smallest absolute Gasteiger partial charge is 0.306 e. The lowest BCUT2D eigenvalue weighted by Crippen LogP contribution is -2.12. The number of ether oxygens (including phenoxy) is 2. The maximum Gasteiger partial charge on any atom is 0.306 e. The molecule has 4 nitrogen and oxygen atoms in total. The molecule has 0 unspecified atom stereocenters. The van der Waals surface area contributed by atoms with Crippen molar-refractivity contribution in [2.75, 3.05) is 7.11 Å². The van der Waals surface area contributed by atoms with Gasteiger partial charge in [0.25, 0.3) is 0 Å². The number of carboxylic acid groups (broad SMARTS) is 1. The van der Waals surface area contributed by atoms with Crippen molar-refractivity contribution >= 4 is 5.97 Å². The predicted molar refractivity (Wildman–Crippen MR) is 83.6 cm³/mol. The van der Waals surface area contributed by atoms with Gasteiger partial charge in [-0.1, -0.05) is 6.07 Å². The molecule has 0 heterocycles. The summed E-state index contributed by atoms with van der Waals surface area (Å²) in [5.41, 5.74) is 1.18. The maximum absolute atomic E-state index is 11.1. The van der Waals surface area contributed by atoms with Crippen molar-refractivity contribution in [2.45, 2.75) is 57.0 Å². The Balaban J connectivity index is 1.76. The third-order valence-corrected chi connectivity index (χ3v) is 5.04. The van der Waals surface area contributed by atoms with Gasteiger partial charge in [-0.15, -0.1) is 0 Å². The molecule has 3 rings (SSSR count). The fourth-order valence-corrected chi connectivity index (χ4v) is 3.73. The molecule has 0 spiro atoms. The molecule has 2 saturated carbocycles. The lowest BCUT2D eigenvalue weighted by atomic mass is 9.96. The highest BCUT2D eigenvalue weighted by molar-refractivity contribution is 5.70. The number of rotatable bonds is 5. The van der Waals surface area contributed by atoms with E-state index >= 15 is 0 Å². The Morgan fingerprint density at radius 3 is 2.55 bits per heavy atom. The number of hydrogen-bond donors (Lipinski definition) is 1. The molecule has 0 saturated heterocycles. The van der Waals surface area contributed by atoms with Gasteiger partial charge in [0.15, 0.2) is 11.5 Å². The zero-order chi connectivity index (χ0) is 15.5. The standard InChI is InChI=1S/C18H24O4/c1-21-16-9-8-13(12-6-7-14(10-12)18(19)20)11-17(16)22-15-4-2-3-5-15/h8-9,11-12,14-15H,2-7,10H2,1H3,(H,19,20)/t12-,14+/m1/s1. The van der Waals surface area contributed by atoms with Crippen LogP contribution in [0.2, 0.25) is 0 Å². The average molecular weight is 304 g/mol. The molecule has 0 amide bonds. The molecule has 4 heteroatoms. The minimum Gasteiger partial charge on any atom is -0.493 e. The van der Waals surface area contributed by atoms with Gasteiger partial charge in [0.05, 0.1) is 19.1 Å². The Bertz CT molecular complexity index is 534. The van der Waals surface area contributed by atoms with Gasteiger partial charge in [-0.2, -0.15) is 0 Å². The molecule has 0 aliphatic heterocycles. The van der Waals surface area contributed by atoms with E-state index in [0.29, 0.717) is 12.0 Å². The van der Waals surface area contributed by atoms with E-state index in [9.17, 15) is 4.79 Å². The van der Waals surface area contributed by atoms with Crippen LogP contribution in [0.25, 0.3) is 0 Å². The van der Waals surface area contributed by atoms with Crippen LogP contribution in [0.15, 0.2) is 18.2 Å². The first-order chi connectivity index (χ1) is 10.7. The van der Waals surface area contributed by atoms with E-state index in [2.05, 4.69) is 12.1 Å². The lowest BCUT2D eigenvalue weighted by Gasteiger charge is -2.18. The van der Waals surface area contributed by atoms with Crippen molar-refractivity contribution in [3.05, 3.63) is 23.8 Å². The van der Waals surface area contributed by atoms with E-state index in [-0.39, 0.29) is 5.92 Å². The minimum absolute atomic E-state index is 0.202. The summed E-state index contributed by atoms with van der Waals surface area (Å²) < 4.78 is 11.5. The molecular weight excluding hydrogens is 280 g/mol. The summed E-state index contributed by atoms with van der Waals surface area (Å²) in [6.45, 7) is 0. The molecule has 2 fully saturated rings. The molecular formula is C18H24O4. The van der Waals surface area contributed by atoms with Crippen molar-refractivity contribution in [1.29, 1.82) is 0 Å². The van der Waals surface area contributed by atoms with E-state index in [1.807, 2.05) is 6.07 Å². The Labute approximate surface area is 131 Å². The molecule has 0 aromatic heterocycles. The summed E-state index contributed by atoms with van der Waals surface area (Å²) in [6, 6.07) is 6.06. The summed E-state index contributed by atoms with van der Waals surface area (Å²) in [4.78, 5) is 11.1. The Morgan fingerprint density at radius 1 is 1.14 bits per heavy atom. The first-order valence-corrected chi connectivity index (χ1v) is 8.24. The number of hydrogen-bond acceptors (Lipinski definition) is 3. The van der Waals surface area contributed by atoms with E-state index in [1.54, 1.807) is 7.11 Å². The Kier molecular flexibility index (Phi) is 4.55. The normalized spacial score (nSPS) is 25.3. The molecule has 2 aliphatic carbocycles. The Morgan fingerprint density at radius 2 is 1.91 bits per heavy atom. The molecule has 1 aromatic rings. The van der Waals surface area contributed by atoms with Gasteiger partial charge < -0.3 is 14.6 Å². The summed E-state index contributed by atoms with van der Waals surface area (Å²) in [6.07, 6.45) is 7.40. The van der Waals surface area contributed by atoms with Crippen LogP contribution >= 0.6 is 0 Å². The zero-order valence-corrected chi connectivity index (χ0v) is 13.1. The highest BCUT2D eigenvalue weighted by atomic mass is 16.5. The summed E-state index contributed by atoms with van der Waals surface area (Å²) in [5.74, 6) is 1.02. The van der Waals surface area contributed by atoms with Crippen LogP contribution in [0, 0.1) is 5.92 Å². The minimum atomic E-state index is -0.668. The highest BCUT2D eigenvalue weighted by Gasteiger charge is 2.31. The van der Waals surface area contributed by atoms with Gasteiger partial charge in [0, 0.05) is 0 Å². The van der Waals surface area contributed by atoms with Crippen molar-refractivity contribution in [3.63, 3.8) is 0 Å². The Hall–Kier alpha value is -1.71. The van der Waals surface area contributed by atoms with Crippen LogP contribution in [0.5, 0.6) is 11.5 Å².